The number of rotatable bonds is 0. The molecule has 2 N–H and O–H groups in total. The number of aromatic hydroxyl groups is 2. The maximum Gasteiger partial charge on any atom is 0.118 e. The van der Waals surface area contributed by atoms with Crippen LogP contribution in [0.15, 0.2) is 48.5 Å². The van der Waals surface area contributed by atoms with E-state index < -0.39 is 0 Å². The summed E-state index contributed by atoms with van der Waals surface area (Å²) in [6.07, 6.45) is 0. The summed E-state index contributed by atoms with van der Waals surface area (Å²) in [5.74, 6) is 0.736. The van der Waals surface area contributed by atoms with Gasteiger partial charge < -0.3 is 10.2 Å². The topological polar surface area (TPSA) is 40.5 Å². The van der Waals surface area contributed by atoms with Gasteiger partial charge in [0.2, 0.25) is 0 Å². The fraction of sp³-hybridized carbons (Fsp3) is 0.143. The van der Waals surface area contributed by atoms with Crippen LogP contribution in [0.25, 0.3) is 0 Å². The number of phenolic OH excluding ortho intramolecular Hbond substituents is 2. The molecule has 0 spiro atoms. The van der Waals surface area contributed by atoms with Gasteiger partial charge >= 0.3 is 0 Å². The SMILES string of the molecule is Cc1ccccc1O.Cc1ccccc1O.F.F.[Hf]. The molecule has 0 amide bonds. The third-order valence-corrected chi connectivity index (χ3v) is 2.23. The molecule has 2 aromatic carbocycles. The number of benzene rings is 2. The molecule has 0 atom stereocenters. The van der Waals surface area contributed by atoms with Gasteiger partial charge in [0, 0.05) is 25.8 Å². The normalized spacial score (nSPS) is 7.68. The van der Waals surface area contributed by atoms with Crippen LogP contribution >= 0.6 is 0 Å². The molecule has 0 heterocycles. The summed E-state index contributed by atoms with van der Waals surface area (Å²) in [6.45, 7) is 3.74. The third-order valence-electron chi connectivity index (χ3n) is 2.23. The zero-order valence-corrected chi connectivity index (χ0v) is 14.4. The van der Waals surface area contributed by atoms with Crippen LogP contribution in [-0.2, 0) is 25.8 Å². The van der Waals surface area contributed by atoms with Gasteiger partial charge in [-0.15, -0.1) is 0 Å². The Labute approximate surface area is 130 Å². The Balaban J connectivity index is -0.000000233. The molecule has 2 rings (SSSR count). The predicted octanol–water partition coefficient (Wildman–Crippen LogP) is 3.70. The molecule has 2 aromatic rings. The van der Waals surface area contributed by atoms with Gasteiger partial charge in [-0.1, -0.05) is 36.4 Å². The van der Waals surface area contributed by atoms with E-state index in [9.17, 15) is 0 Å². The third kappa shape index (κ3) is 8.48. The Hall–Kier alpha value is -1.23. The zero-order valence-electron chi connectivity index (χ0n) is 10.8. The molecule has 0 fully saturated rings. The summed E-state index contributed by atoms with van der Waals surface area (Å²) in [4.78, 5) is 0. The molecule has 0 aromatic heterocycles. The van der Waals surface area contributed by atoms with Crippen LogP contribution in [0.1, 0.15) is 11.1 Å². The molecule has 0 unspecified atom stereocenters. The van der Waals surface area contributed by atoms with Gasteiger partial charge in [0.1, 0.15) is 11.5 Å². The summed E-state index contributed by atoms with van der Waals surface area (Å²) in [7, 11) is 0. The number of hydrogen-bond donors (Lipinski definition) is 2. The predicted molar refractivity (Wildman–Crippen MR) is 70.7 cm³/mol. The first-order valence-electron chi connectivity index (χ1n) is 5.10. The summed E-state index contributed by atoms with van der Waals surface area (Å²) < 4.78 is 0. The molecular formula is C14H18F2HfO2. The van der Waals surface area contributed by atoms with Crippen molar-refractivity contribution in [3.8, 4) is 11.5 Å². The Morgan fingerprint density at radius 3 is 1.05 bits per heavy atom. The summed E-state index contributed by atoms with van der Waals surface area (Å²) in [5, 5.41) is 17.8. The standard InChI is InChI=1S/2C7H8O.2FH.Hf/c2*1-6-4-2-3-5-7(6)8;;;/h2*2-5,8H,1H3;2*1H;. The first kappa shape index (κ1) is 22.9. The van der Waals surface area contributed by atoms with Crippen molar-refractivity contribution in [3.63, 3.8) is 0 Å². The van der Waals surface area contributed by atoms with Crippen molar-refractivity contribution in [2.24, 2.45) is 0 Å². The van der Waals surface area contributed by atoms with Crippen LogP contribution in [0.4, 0.5) is 9.41 Å². The summed E-state index contributed by atoms with van der Waals surface area (Å²) >= 11 is 0. The molecule has 0 aliphatic heterocycles. The van der Waals surface area contributed by atoms with Crippen LogP contribution in [0.5, 0.6) is 11.5 Å². The van der Waals surface area contributed by atoms with Gasteiger partial charge in [0.25, 0.3) is 0 Å². The Kier molecular flexibility index (Phi) is 14.3. The van der Waals surface area contributed by atoms with Crippen LogP contribution < -0.4 is 0 Å². The number of hydrogen-bond acceptors (Lipinski definition) is 2. The summed E-state index contributed by atoms with van der Waals surface area (Å²) in [5.41, 5.74) is 1.85. The molecule has 0 aliphatic carbocycles. The number of para-hydroxylation sites is 2. The number of phenols is 2. The average molecular weight is 435 g/mol. The van der Waals surface area contributed by atoms with Gasteiger partial charge in [-0.05, 0) is 37.1 Å². The zero-order chi connectivity index (χ0) is 12.0. The molecule has 2 nitrogen and oxygen atoms in total. The van der Waals surface area contributed by atoms with Crippen LogP contribution in [-0.4, -0.2) is 10.2 Å². The van der Waals surface area contributed by atoms with Crippen molar-refractivity contribution in [3.05, 3.63) is 59.7 Å². The second kappa shape index (κ2) is 11.8. The second-order valence-corrected chi connectivity index (χ2v) is 3.57. The van der Waals surface area contributed by atoms with E-state index >= 15 is 0 Å². The monoisotopic (exact) mass is 436 g/mol. The van der Waals surface area contributed by atoms with Crippen LogP contribution in [0, 0.1) is 13.8 Å². The fourth-order valence-electron chi connectivity index (χ4n) is 1.13. The van der Waals surface area contributed by atoms with Gasteiger partial charge in [-0.25, -0.2) is 0 Å². The number of halogens is 2. The minimum atomic E-state index is 0. The fourth-order valence-corrected chi connectivity index (χ4v) is 1.13. The molecule has 0 bridgehead atoms. The van der Waals surface area contributed by atoms with E-state index in [0.717, 1.165) is 11.1 Å². The van der Waals surface area contributed by atoms with Crippen LogP contribution in [0.2, 0.25) is 0 Å². The molecule has 0 radical (unpaired) electrons. The summed E-state index contributed by atoms with van der Waals surface area (Å²) in [6, 6.07) is 14.5. The molecule has 0 saturated heterocycles. The van der Waals surface area contributed by atoms with Crippen LogP contribution in [0.3, 0.4) is 0 Å². The van der Waals surface area contributed by atoms with Gasteiger partial charge in [-0.3, -0.25) is 9.41 Å². The van der Waals surface area contributed by atoms with E-state index in [2.05, 4.69) is 0 Å². The maximum atomic E-state index is 8.92. The van der Waals surface area contributed by atoms with Crippen molar-refractivity contribution in [2.45, 2.75) is 13.8 Å². The molecule has 0 saturated carbocycles. The van der Waals surface area contributed by atoms with Crippen molar-refractivity contribution in [1.29, 1.82) is 0 Å². The second-order valence-electron chi connectivity index (χ2n) is 3.57. The average Bonchev–Trinajstić information content (AvgIpc) is 2.28. The van der Waals surface area contributed by atoms with Gasteiger partial charge in [0.05, 0.1) is 0 Å². The first-order chi connectivity index (χ1) is 7.61. The molecule has 5 heteroatoms. The van der Waals surface area contributed by atoms with E-state index in [-0.39, 0.29) is 35.3 Å². The van der Waals surface area contributed by atoms with Crippen molar-refractivity contribution >= 4 is 0 Å². The van der Waals surface area contributed by atoms with E-state index in [1.165, 1.54) is 0 Å². The van der Waals surface area contributed by atoms with E-state index in [1.54, 1.807) is 12.1 Å². The maximum absolute atomic E-state index is 8.92. The van der Waals surface area contributed by atoms with Crippen molar-refractivity contribution < 1.29 is 45.5 Å². The Morgan fingerprint density at radius 2 is 0.895 bits per heavy atom. The Bertz CT molecular complexity index is 379. The van der Waals surface area contributed by atoms with Crippen molar-refractivity contribution in [2.75, 3.05) is 0 Å². The quantitative estimate of drug-likeness (QED) is 0.621. The largest absolute Gasteiger partial charge is 0.508 e. The molecular weight excluding hydrogens is 417 g/mol. The molecule has 0 aliphatic rings. The number of aryl methyl sites for hydroxylation is 2. The molecule has 104 valence electrons. The Morgan fingerprint density at radius 1 is 0.632 bits per heavy atom. The van der Waals surface area contributed by atoms with E-state index in [1.807, 2.05) is 50.2 Å². The minimum Gasteiger partial charge on any atom is -0.508 e. The van der Waals surface area contributed by atoms with Gasteiger partial charge in [0.15, 0.2) is 0 Å². The van der Waals surface area contributed by atoms with E-state index in [4.69, 9.17) is 10.2 Å². The minimum absolute atomic E-state index is 0. The van der Waals surface area contributed by atoms with E-state index in [0.29, 0.717) is 11.5 Å². The smallest absolute Gasteiger partial charge is 0.118 e. The van der Waals surface area contributed by atoms with Crippen molar-refractivity contribution in [1.82, 2.24) is 0 Å². The first-order valence-corrected chi connectivity index (χ1v) is 5.10. The van der Waals surface area contributed by atoms with Gasteiger partial charge in [-0.2, -0.15) is 0 Å². The molecule has 19 heavy (non-hydrogen) atoms.